The Morgan fingerprint density at radius 3 is 2.67 bits per heavy atom. The summed E-state index contributed by atoms with van der Waals surface area (Å²) >= 11 is 8.97. The van der Waals surface area contributed by atoms with Crippen molar-refractivity contribution in [1.82, 2.24) is 9.88 Å². The van der Waals surface area contributed by atoms with Crippen molar-refractivity contribution in [1.29, 1.82) is 0 Å². The van der Waals surface area contributed by atoms with Crippen molar-refractivity contribution in [2.45, 2.75) is 18.9 Å². The first-order valence-electron chi connectivity index (χ1n) is 9.38. The Morgan fingerprint density at radius 2 is 1.90 bits per heavy atom. The molecule has 0 aliphatic carbocycles. The predicted octanol–water partition coefficient (Wildman–Crippen LogP) is 6.13. The van der Waals surface area contributed by atoms with Gasteiger partial charge in [-0.15, -0.1) is 11.3 Å². The molecular formula is C21H15ClF2N2O2S2. The topological polar surface area (TPSA) is 42.4 Å². The number of nitrogens with zero attached hydrogens (tertiary/aromatic N) is 2. The van der Waals surface area contributed by atoms with E-state index in [9.17, 15) is 13.6 Å². The second kappa shape index (κ2) is 7.76. The Bertz CT molecular complexity index is 1260. The van der Waals surface area contributed by atoms with Gasteiger partial charge in [-0.05, 0) is 12.1 Å². The third-order valence-electron chi connectivity index (χ3n) is 5.12. The van der Waals surface area contributed by atoms with Gasteiger partial charge in [0.2, 0.25) is 0 Å². The monoisotopic (exact) mass is 464 g/mol. The molecule has 0 bridgehead atoms. The number of fused-ring (bicyclic) bond motifs is 2. The lowest BCUT2D eigenvalue weighted by Gasteiger charge is -2.31. The molecule has 1 saturated heterocycles. The summed E-state index contributed by atoms with van der Waals surface area (Å²) in [6.45, 7) is 1.06. The summed E-state index contributed by atoms with van der Waals surface area (Å²) in [7, 11) is 0. The molecule has 5 rings (SSSR count). The number of halogens is 3. The average Bonchev–Trinajstić information content (AvgIpc) is 3.29. The number of aromatic nitrogens is 1. The van der Waals surface area contributed by atoms with E-state index in [-0.39, 0.29) is 17.5 Å². The molecule has 154 valence electrons. The summed E-state index contributed by atoms with van der Waals surface area (Å²) < 4.78 is 34.5. The van der Waals surface area contributed by atoms with Crippen molar-refractivity contribution in [3.63, 3.8) is 0 Å². The normalized spacial score (nSPS) is 15.2. The number of ether oxygens (including phenoxy) is 1. The van der Waals surface area contributed by atoms with Crippen molar-refractivity contribution < 1.29 is 18.3 Å². The van der Waals surface area contributed by atoms with E-state index in [1.54, 1.807) is 4.90 Å². The van der Waals surface area contributed by atoms with E-state index in [1.165, 1.54) is 17.4 Å². The quantitative estimate of drug-likeness (QED) is 0.366. The van der Waals surface area contributed by atoms with Gasteiger partial charge in [0.15, 0.2) is 5.82 Å². The Balaban J connectivity index is 1.26. The smallest absolute Gasteiger partial charge is 0.274 e. The van der Waals surface area contributed by atoms with E-state index >= 15 is 0 Å². The van der Waals surface area contributed by atoms with Gasteiger partial charge >= 0.3 is 0 Å². The highest BCUT2D eigenvalue weighted by Gasteiger charge is 2.28. The highest BCUT2D eigenvalue weighted by Crippen LogP contribution is 2.37. The van der Waals surface area contributed by atoms with Crippen LogP contribution in [-0.2, 0) is 0 Å². The van der Waals surface area contributed by atoms with Gasteiger partial charge in [0.25, 0.3) is 11.1 Å². The van der Waals surface area contributed by atoms with Gasteiger partial charge in [0, 0.05) is 42.1 Å². The fourth-order valence-electron chi connectivity index (χ4n) is 3.60. The molecule has 0 spiro atoms. The van der Waals surface area contributed by atoms with E-state index < -0.39 is 11.6 Å². The van der Waals surface area contributed by atoms with Crippen molar-refractivity contribution in [3.8, 4) is 5.19 Å². The number of carbonyl (C=O) groups is 1. The van der Waals surface area contributed by atoms with Gasteiger partial charge in [0.1, 0.15) is 22.3 Å². The van der Waals surface area contributed by atoms with Crippen molar-refractivity contribution in [3.05, 3.63) is 57.9 Å². The van der Waals surface area contributed by atoms with Crippen LogP contribution in [0.2, 0.25) is 5.02 Å². The molecule has 30 heavy (non-hydrogen) atoms. The van der Waals surface area contributed by atoms with Crippen LogP contribution in [0.15, 0.2) is 36.4 Å². The number of likely N-dealkylation sites (tertiary alicyclic amines) is 1. The minimum absolute atomic E-state index is 0.0721. The lowest BCUT2D eigenvalue weighted by molar-refractivity contribution is 0.0600. The fourth-order valence-corrected chi connectivity index (χ4v) is 6.00. The number of hydrogen-bond donors (Lipinski definition) is 0. The lowest BCUT2D eigenvalue weighted by atomic mass is 10.1. The Morgan fingerprint density at radius 1 is 1.13 bits per heavy atom. The highest BCUT2D eigenvalue weighted by atomic mass is 35.5. The number of hydrogen-bond acceptors (Lipinski definition) is 5. The maximum atomic E-state index is 13.8. The standard InChI is InChI=1S/C21H15ClF2N2O2S2/c22-17-13-3-1-2-4-15(13)29-19(17)20(27)26-7-5-12(6-8-26)28-21-25-18-14(24)9-11(23)10-16(18)30-21/h1-4,9-10,12H,5-8H2. The molecule has 2 aromatic heterocycles. The van der Waals surface area contributed by atoms with Crippen molar-refractivity contribution >= 4 is 60.5 Å². The zero-order valence-corrected chi connectivity index (χ0v) is 17.9. The zero-order valence-electron chi connectivity index (χ0n) is 15.5. The van der Waals surface area contributed by atoms with E-state index in [2.05, 4.69) is 4.98 Å². The number of piperidine rings is 1. The summed E-state index contributed by atoms with van der Waals surface area (Å²) in [6.07, 6.45) is 1.11. The summed E-state index contributed by atoms with van der Waals surface area (Å²) in [5.41, 5.74) is 0.114. The van der Waals surface area contributed by atoms with Crippen LogP contribution in [0.4, 0.5) is 8.78 Å². The van der Waals surface area contributed by atoms with E-state index in [0.717, 1.165) is 27.5 Å². The number of benzene rings is 2. The van der Waals surface area contributed by atoms with Crippen molar-refractivity contribution in [2.24, 2.45) is 0 Å². The summed E-state index contributed by atoms with van der Waals surface area (Å²) in [4.78, 5) is 19.4. The number of carbonyl (C=O) groups excluding carboxylic acids is 1. The van der Waals surface area contributed by atoms with Crippen LogP contribution in [-0.4, -0.2) is 35.0 Å². The van der Waals surface area contributed by atoms with E-state index in [0.29, 0.717) is 45.7 Å². The van der Waals surface area contributed by atoms with Gasteiger partial charge in [-0.2, -0.15) is 4.98 Å². The molecule has 0 radical (unpaired) electrons. The molecule has 1 aliphatic rings. The fraction of sp³-hybridized carbons (Fsp3) is 0.238. The van der Waals surface area contributed by atoms with Crippen LogP contribution >= 0.6 is 34.3 Å². The molecule has 0 unspecified atom stereocenters. The van der Waals surface area contributed by atoms with Crippen LogP contribution in [0.3, 0.4) is 0 Å². The number of amides is 1. The Hall–Kier alpha value is -2.29. The number of rotatable bonds is 3. The maximum Gasteiger partial charge on any atom is 0.274 e. The molecule has 2 aromatic carbocycles. The number of thiazole rings is 1. The van der Waals surface area contributed by atoms with Crippen LogP contribution in [0.1, 0.15) is 22.5 Å². The molecule has 4 nitrogen and oxygen atoms in total. The van der Waals surface area contributed by atoms with Crippen LogP contribution in [0, 0.1) is 11.6 Å². The molecule has 9 heteroatoms. The molecular weight excluding hydrogens is 450 g/mol. The molecule has 3 heterocycles. The summed E-state index contributed by atoms with van der Waals surface area (Å²) in [6, 6.07) is 9.76. The van der Waals surface area contributed by atoms with Crippen LogP contribution in [0.5, 0.6) is 5.19 Å². The van der Waals surface area contributed by atoms with Crippen LogP contribution in [0.25, 0.3) is 20.3 Å². The van der Waals surface area contributed by atoms with Gasteiger partial charge in [-0.3, -0.25) is 4.79 Å². The predicted molar refractivity (Wildman–Crippen MR) is 116 cm³/mol. The minimum Gasteiger partial charge on any atom is -0.467 e. The first kappa shape index (κ1) is 19.7. The lowest BCUT2D eigenvalue weighted by Crippen LogP contribution is -2.41. The second-order valence-electron chi connectivity index (χ2n) is 7.06. The second-order valence-corrected chi connectivity index (χ2v) is 9.49. The zero-order chi connectivity index (χ0) is 20.8. The molecule has 1 fully saturated rings. The molecule has 4 aromatic rings. The van der Waals surface area contributed by atoms with Gasteiger partial charge < -0.3 is 9.64 Å². The number of thiophene rings is 1. The van der Waals surface area contributed by atoms with Gasteiger partial charge in [0.05, 0.1) is 9.72 Å². The minimum atomic E-state index is -0.697. The van der Waals surface area contributed by atoms with E-state index in [4.69, 9.17) is 16.3 Å². The maximum absolute atomic E-state index is 13.8. The molecule has 0 N–H and O–H groups in total. The van der Waals surface area contributed by atoms with Gasteiger partial charge in [-0.25, -0.2) is 8.78 Å². The largest absolute Gasteiger partial charge is 0.467 e. The molecule has 0 saturated carbocycles. The Labute approximate surface area is 183 Å². The van der Waals surface area contributed by atoms with Gasteiger partial charge in [-0.1, -0.05) is 41.1 Å². The molecule has 1 amide bonds. The highest BCUT2D eigenvalue weighted by molar-refractivity contribution is 7.21. The SMILES string of the molecule is O=C(c1sc2ccccc2c1Cl)N1CCC(Oc2nc3c(F)cc(F)cc3s2)CC1. The van der Waals surface area contributed by atoms with Crippen LogP contribution < -0.4 is 4.74 Å². The molecule has 1 aliphatic heterocycles. The average molecular weight is 465 g/mol. The van der Waals surface area contributed by atoms with Crippen molar-refractivity contribution in [2.75, 3.05) is 13.1 Å². The summed E-state index contributed by atoms with van der Waals surface area (Å²) in [5.74, 6) is -1.41. The summed E-state index contributed by atoms with van der Waals surface area (Å²) in [5, 5.41) is 1.71. The first-order valence-corrected chi connectivity index (χ1v) is 11.4. The Kier molecular flexibility index (Phi) is 5.08. The third kappa shape index (κ3) is 3.53. The van der Waals surface area contributed by atoms with E-state index in [1.807, 2.05) is 24.3 Å². The first-order chi connectivity index (χ1) is 14.5. The third-order valence-corrected chi connectivity index (χ3v) is 7.68. The molecule has 0 atom stereocenters.